The molecule has 0 fully saturated rings. The van der Waals surface area contributed by atoms with Crippen LogP contribution in [0.15, 0.2) is 81.8 Å². The number of amides is 2. The standard InChI is InChI=1S/C25H16Cl2N2O3/c1-15-20(12-19-9-10-23(32-19)16-6-4-7-18(26)11-16)24(30)29(25(31)21(15)13-28)14-17-5-2-3-8-22(17)27/h2-12H,14H2,1H3/b20-12+. The van der Waals surface area contributed by atoms with E-state index in [-0.39, 0.29) is 17.7 Å². The molecular formula is C25H16Cl2N2O3. The first-order chi connectivity index (χ1) is 15.4. The number of imide groups is 1. The topological polar surface area (TPSA) is 74.3 Å². The molecule has 5 nitrogen and oxygen atoms in total. The highest BCUT2D eigenvalue weighted by atomic mass is 35.5. The Hall–Kier alpha value is -3.59. The summed E-state index contributed by atoms with van der Waals surface area (Å²) >= 11 is 12.3. The maximum atomic E-state index is 13.2. The van der Waals surface area contributed by atoms with E-state index in [0.29, 0.717) is 32.7 Å². The molecule has 0 saturated carbocycles. The van der Waals surface area contributed by atoms with Crippen LogP contribution in [0.5, 0.6) is 0 Å². The Morgan fingerprint density at radius 2 is 1.81 bits per heavy atom. The highest BCUT2D eigenvalue weighted by Gasteiger charge is 2.36. The van der Waals surface area contributed by atoms with Crippen LogP contribution >= 0.6 is 23.2 Å². The second-order valence-corrected chi connectivity index (χ2v) is 8.01. The lowest BCUT2D eigenvalue weighted by molar-refractivity contribution is -0.141. The smallest absolute Gasteiger partial charge is 0.271 e. The van der Waals surface area contributed by atoms with Gasteiger partial charge in [-0.3, -0.25) is 14.5 Å². The van der Waals surface area contributed by atoms with Crippen molar-refractivity contribution in [3.05, 3.63) is 98.8 Å². The van der Waals surface area contributed by atoms with Crippen molar-refractivity contribution in [3.8, 4) is 17.4 Å². The van der Waals surface area contributed by atoms with Gasteiger partial charge >= 0.3 is 0 Å². The summed E-state index contributed by atoms with van der Waals surface area (Å²) in [5.74, 6) is -0.181. The van der Waals surface area contributed by atoms with Crippen LogP contribution in [0, 0.1) is 11.3 Å². The van der Waals surface area contributed by atoms with Crippen molar-refractivity contribution in [3.63, 3.8) is 0 Å². The molecule has 0 radical (unpaired) electrons. The number of rotatable bonds is 4. The van der Waals surface area contributed by atoms with E-state index in [1.165, 1.54) is 6.08 Å². The molecule has 4 rings (SSSR count). The van der Waals surface area contributed by atoms with E-state index in [2.05, 4.69) is 0 Å². The van der Waals surface area contributed by atoms with Gasteiger partial charge < -0.3 is 4.42 Å². The van der Waals surface area contributed by atoms with Crippen LogP contribution in [0.2, 0.25) is 10.0 Å². The molecule has 1 aliphatic rings. The van der Waals surface area contributed by atoms with Crippen LogP contribution in [0.1, 0.15) is 18.2 Å². The lowest BCUT2D eigenvalue weighted by Gasteiger charge is -2.27. The number of nitrogens with zero attached hydrogens (tertiary/aromatic N) is 2. The number of carbonyl (C=O) groups excluding carboxylic acids is 2. The first-order valence-corrected chi connectivity index (χ1v) is 10.4. The molecule has 0 N–H and O–H groups in total. The van der Waals surface area contributed by atoms with Gasteiger partial charge in [-0.05, 0) is 54.5 Å². The van der Waals surface area contributed by atoms with Gasteiger partial charge in [0, 0.05) is 21.2 Å². The van der Waals surface area contributed by atoms with Crippen LogP contribution in [0.3, 0.4) is 0 Å². The SMILES string of the molecule is CC1=C(C#N)C(=O)N(Cc2ccccc2Cl)C(=O)/C1=C/c1ccc(-c2cccc(Cl)c2)o1. The summed E-state index contributed by atoms with van der Waals surface area (Å²) < 4.78 is 5.88. The predicted octanol–water partition coefficient (Wildman–Crippen LogP) is 6.05. The molecule has 0 atom stereocenters. The molecule has 1 aliphatic heterocycles. The number of halogens is 2. The van der Waals surface area contributed by atoms with Gasteiger partial charge in [0.1, 0.15) is 23.2 Å². The first kappa shape index (κ1) is 21.6. The Kier molecular flexibility index (Phi) is 6.00. The Morgan fingerprint density at radius 1 is 1.03 bits per heavy atom. The molecule has 0 bridgehead atoms. The minimum atomic E-state index is -0.647. The maximum Gasteiger partial charge on any atom is 0.271 e. The molecule has 0 spiro atoms. The highest BCUT2D eigenvalue weighted by Crippen LogP contribution is 2.31. The van der Waals surface area contributed by atoms with Crippen molar-refractivity contribution in [1.29, 1.82) is 5.26 Å². The quantitative estimate of drug-likeness (QED) is 0.349. The second kappa shape index (κ2) is 8.88. The molecule has 2 aromatic carbocycles. The third-order valence-corrected chi connectivity index (χ3v) is 5.74. The Morgan fingerprint density at radius 3 is 2.53 bits per heavy atom. The van der Waals surface area contributed by atoms with Crippen molar-refractivity contribution < 1.29 is 14.0 Å². The van der Waals surface area contributed by atoms with Crippen LogP contribution in [-0.4, -0.2) is 16.7 Å². The van der Waals surface area contributed by atoms with Crippen molar-refractivity contribution in [2.75, 3.05) is 0 Å². The molecule has 1 aromatic heterocycles. The fourth-order valence-corrected chi connectivity index (χ4v) is 3.83. The monoisotopic (exact) mass is 462 g/mol. The van der Waals surface area contributed by atoms with Gasteiger partial charge in [0.2, 0.25) is 0 Å². The average molecular weight is 463 g/mol. The summed E-state index contributed by atoms with van der Waals surface area (Å²) in [6.07, 6.45) is 1.54. The maximum absolute atomic E-state index is 13.2. The fraction of sp³-hybridized carbons (Fsp3) is 0.0800. The number of hydrogen-bond acceptors (Lipinski definition) is 4. The van der Waals surface area contributed by atoms with E-state index >= 15 is 0 Å². The molecule has 2 amide bonds. The van der Waals surface area contributed by atoms with Crippen LogP contribution in [0.25, 0.3) is 17.4 Å². The Balaban J connectivity index is 1.73. The molecule has 158 valence electrons. The third-order valence-electron chi connectivity index (χ3n) is 5.13. The molecule has 0 aliphatic carbocycles. The van der Waals surface area contributed by atoms with Crippen LogP contribution < -0.4 is 0 Å². The summed E-state index contributed by atoms with van der Waals surface area (Å²) in [5.41, 5.74) is 1.81. The van der Waals surface area contributed by atoms with Crippen molar-refractivity contribution in [1.82, 2.24) is 4.90 Å². The van der Waals surface area contributed by atoms with Gasteiger partial charge in [-0.25, -0.2) is 0 Å². The normalized spacial score (nSPS) is 15.4. The zero-order chi connectivity index (χ0) is 22.8. The van der Waals surface area contributed by atoms with Gasteiger partial charge in [-0.15, -0.1) is 0 Å². The van der Waals surface area contributed by atoms with E-state index in [9.17, 15) is 14.9 Å². The molecule has 3 aromatic rings. The van der Waals surface area contributed by atoms with Gasteiger partial charge in [0.05, 0.1) is 6.54 Å². The summed E-state index contributed by atoms with van der Waals surface area (Å²) in [4.78, 5) is 27.1. The van der Waals surface area contributed by atoms with Gasteiger partial charge in [-0.1, -0.05) is 53.5 Å². The van der Waals surface area contributed by atoms with Gasteiger partial charge in [-0.2, -0.15) is 5.26 Å². The zero-order valence-corrected chi connectivity index (χ0v) is 18.4. The summed E-state index contributed by atoms with van der Waals surface area (Å²) in [7, 11) is 0. The molecule has 2 heterocycles. The van der Waals surface area contributed by atoms with Crippen molar-refractivity contribution in [2.24, 2.45) is 0 Å². The minimum absolute atomic E-state index is 0.0426. The fourth-order valence-electron chi connectivity index (χ4n) is 3.44. The first-order valence-electron chi connectivity index (χ1n) is 9.67. The van der Waals surface area contributed by atoms with Gasteiger partial charge in [0.15, 0.2) is 0 Å². The van der Waals surface area contributed by atoms with Crippen LogP contribution in [-0.2, 0) is 16.1 Å². The third kappa shape index (κ3) is 4.11. The van der Waals surface area contributed by atoms with E-state index < -0.39 is 11.8 Å². The highest BCUT2D eigenvalue weighted by molar-refractivity contribution is 6.31. The van der Waals surface area contributed by atoms with Crippen LogP contribution in [0.4, 0.5) is 0 Å². The second-order valence-electron chi connectivity index (χ2n) is 7.17. The van der Waals surface area contributed by atoms with E-state index in [1.54, 1.807) is 55.5 Å². The predicted molar refractivity (Wildman–Crippen MR) is 122 cm³/mol. The van der Waals surface area contributed by atoms with Crippen molar-refractivity contribution >= 4 is 41.1 Å². The Bertz CT molecular complexity index is 1340. The van der Waals surface area contributed by atoms with Gasteiger partial charge in [0.25, 0.3) is 11.8 Å². The number of hydrogen-bond donors (Lipinski definition) is 0. The van der Waals surface area contributed by atoms with E-state index in [1.807, 2.05) is 18.2 Å². The number of benzene rings is 2. The molecule has 0 saturated heterocycles. The number of carbonyl (C=O) groups is 2. The minimum Gasteiger partial charge on any atom is -0.457 e. The molecule has 0 unspecified atom stereocenters. The molecular weight excluding hydrogens is 447 g/mol. The molecule has 7 heteroatoms. The van der Waals surface area contributed by atoms with Crippen molar-refractivity contribution in [2.45, 2.75) is 13.5 Å². The molecule has 32 heavy (non-hydrogen) atoms. The summed E-state index contributed by atoms with van der Waals surface area (Å²) in [6, 6.07) is 19.5. The van der Waals surface area contributed by atoms with E-state index in [0.717, 1.165) is 10.5 Å². The summed E-state index contributed by atoms with van der Waals surface area (Å²) in [6.45, 7) is 1.53. The average Bonchev–Trinajstić information content (AvgIpc) is 3.25. The largest absolute Gasteiger partial charge is 0.457 e. The lowest BCUT2D eigenvalue weighted by atomic mass is 9.94. The number of nitriles is 1. The summed E-state index contributed by atoms with van der Waals surface area (Å²) in [5, 5.41) is 10.6. The Labute approximate surface area is 194 Å². The number of furan rings is 1. The zero-order valence-electron chi connectivity index (χ0n) is 16.9. The van der Waals surface area contributed by atoms with E-state index in [4.69, 9.17) is 27.6 Å². The lowest BCUT2D eigenvalue weighted by Crippen LogP contribution is -2.42.